The third-order valence-electron chi connectivity index (χ3n) is 5.11. The summed E-state index contributed by atoms with van der Waals surface area (Å²) >= 11 is 0. The van der Waals surface area contributed by atoms with Gasteiger partial charge in [-0.05, 0) is 18.6 Å². The van der Waals surface area contributed by atoms with E-state index in [4.69, 9.17) is 13.9 Å². The minimum atomic E-state index is -0.278. The van der Waals surface area contributed by atoms with Gasteiger partial charge in [-0.1, -0.05) is 48.5 Å². The molecular formula is C24H29N3O4. The molecule has 1 amide bonds. The first-order valence-corrected chi connectivity index (χ1v) is 10.2. The monoisotopic (exact) mass is 423 g/mol. The van der Waals surface area contributed by atoms with E-state index in [2.05, 4.69) is 34.3 Å². The quantitative estimate of drug-likeness (QED) is 0.473. The minimum absolute atomic E-state index is 0.0944. The first kappa shape index (κ1) is 22.5. The Bertz CT molecular complexity index is 958. The van der Waals surface area contributed by atoms with E-state index < -0.39 is 0 Å². The van der Waals surface area contributed by atoms with Crippen molar-refractivity contribution in [2.75, 3.05) is 27.4 Å². The molecule has 7 nitrogen and oxygen atoms in total. The van der Waals surface area contributed by atoms with Crippen LogP contribution in [0.15, 0.2) is 65.3 Å². The summed E-state index contributed by atoms with van der Waals surface area (Å²) in [6, 6.07) is 18.3. The third kappa shape index (κ3) is 6.16. The van der Waals surface area contributed by atoms with Crippen molar-refractivity contribution < 1.29 is 18.7 Å². The Balaban J connectivity index is 1.79. The highest BCUT2D eigenvalue weighted by Crippen LogP contribution is 2.27. The fourth-order valence-electron chi connectivity index (χ4n) is 3.34. The van der Waals surface area contributed by atoms with Crippen LogP contribution >= 0.6 is 0 Å². The largest absolute Gasteiger partial charge is 0.496 e. The minimum Gasteiger partial charge on any atom is -0.496 e. The predicted octanol–water partition coefficient (Wildman–Crippen LogP) is 3.82. The van der Waals surface area contributed by atoms with Gasteiger partial charge in [0.25, 0.3) is 5.91 Å². The SMILES string of the molecule is COCCNC(=O)c1coc(CN(Cc2ccccc2OC)C(C)c2ccccc2)n1. The molecule has 0 radical (unpaired) electrons. The molecule has 1 atom stereocenters. The van der Waals surface area contributed by atoms with Gasteiger partial charge in [0.1, 0.15) is 12.0 Å². The molecule has 0 saturated heterocycles. The Morgan fingerprint density at radius 3 is 2.58 bits per heavy atom. The Hall–Kier alpha value is -3.16. The maximum Gasteiger partial charge on any atom is 0.273 e. The Kier molecular flexibility index (Phi) is 8.20. The van der Waals surface area contributed by atoms with Gasteiger partial charge in [-0.25, -0.2) is 4.98 Å². The van der Waals surface area contributed by atoms with E-state index >= 15 is 0 Å². The number of rotatable bonds is 11. The molecule has 0 aliphatic carbocycles. The predicted molar refractivity (Wildman–Crippen MR) is 118 cm³/mol. The number of nitrogens with one attached hydrogen (secondary N) is 1. The topological polar surface area (TPSA) is 76.8 Å². The average Bonchev–Trinajstić information content (AvgIpc) is 3.28. The van der Waals surface area contributed by atoms with Gasteiger partial charge in [0, 0.05) is 31.8 Å². The number of para-hydroxylation sites is 1. The van der Waals surface area contributed by atoms with Crippen molar-refractivity contribution in [1.29, 1.82) is 0 Å². The maximum absolute atomic E-state index is 12.2. The van der Waals surface area contributed by atoms with Gasteiger partial charge in [0.15, 0.2) is 5.69 Å². The Morgan fingerprint density at radius 2 is 1.84 bits per heavy atom. The molecule has 1 unspecified atom stereocenters. The molecule has 0 saturated carbocycles. The van der Waals surface area contributed by atoms with Crippen molar-refractivity contribution >= 4 is 5.91 Å². The molecule has 0 aliphatic heterocycles. The van der Waals surface area contributed by atoms with Gasteiger partial charge in [0.2, 0.25) is 5.89 Å². The van der Waals surface area contributed by atoms with Crippen LogP contribution in [-0.4, -0.2) is 43.2 Å². The molecule has 1 N–H and O–H groups in total. The number of hydrogen-bond donors (Lipinski definition) is 1. The molecule has 164 valence electrons. The lowest BCUT2D eigenvalue weighted by Gasteiger charge is -2.29. The molecule has 3 aromatic rings. The fraction of sp³-hybridized carbons (Fsp3) is 0.333. The molecule has 0 spiro atoms. The van der Waals surface area contributed by atoms with Crippen LogP contribution in [0.3, 0.4) is 0 Å². The summed E-state index contributed by atoms with van der Waals surface area (Å²) in [5.74, 6) is 1.03. The van der Waals surface area contributed by atoms with Crippen LogP contribution in [-0.2, 0) is 17.8 Å². The number of nitrogens with zero attached hydrogens (tertiary/aromatic N) is 2. The summed E-state index contributed by atoms with van der Waals surface area (Å²) in [5, 5.41) is 2.75. The summed E-state index contributed by atoms with van der Waals surface area (Å²) in [6.07, 6.45) is 1.39. The number of carbonyl (C=O) groups excluding carboxylic acids is 1. The van der Waals surface area contributed by atoms with Crippen molar-refractivity contribution in [3.05, 3.63) is 83.6 Å². The first-order chi connectivity index (χ1) is 15.1. The number of amides is 1. The zero-order chi connectivity index (χ0) is 22.1. The lowest BCUT2D eigenvalue weighted by Crippen LogP contribution is -2.28. The molecule has 31 heavy (non-hydrogen) atoms. The van der Waals surface area contributed by atoms with Crippen LogP contribution in [0.25, 0.3) is 0 Å². The van der Waals surface area contributed by atoms with E-state index in [0.29, 0.717) is 32.1 Å². The number of oxazole rings is 1. The van der Waals surface area contributed by atoms with Gasteiger partial charge in [-0.3, -0.25) is 9.69 Å². The average molecular weight is 424 g/mol. The Morgan fingerprint density at radius 1 is 1.10 bits per heavy atom. The fourth-order valence-corrected chi connectivity index (χ4v) is 3.34. The number of carbonyl (C=O) groups is 1. The lowest BCUT2D eigenvalue weighted by molar-refractivity contribution is 0.0932. The van der Waals surface area contributed by atoms with Gasteiger partial charge >= 0.3 is 0 Å². The number of methoxy groups -OCH3 is 2. The van der Waals surface area contributed by atoms with Gasteiger partial charge in [-0.15, -0.1) is 0 Å². The highest BCUT2D eigenvalue weighted by Gasteiger charge is 2.21. The molecule has 0 bridgehead atoms. The number of aromatic nitrogens is 1. The second kappa shape index (κ2) is 11.3. The van der Waals surface area contributed by atoms with Crippen LogP contribution in [0.1, 0.15) is 40.5 Å². The van der Waals surface area contributed by atoms with Crippen molar-refractivity contribution in [1.82, 2.24) is 15.2 Å². The van der Waals surface area contributed by atoms with Gasteiger partial charge in [0.05, 0.1) is 20.3 Å². The van der Waals surface area contributed by atoms with Gasteiger partial charge < -0.3 is 19.2 Å². The zero-order valence-electron chi connectivity index (χ0n) is 18.2. The molecule has 1 heterocycles. The second-order valence-corrected chi connectivity index (χ2v) is 7.18. The molecule has 1 aromatic heterocycles. The zero-order valence-corrected chi connectivity index (χ0v) is 18.2. The Labute approximate surface area is 183 Å². The second-order valence-electron chi connectivity index (χ2n) is 7.18. The maximum atomic E-state index is 12.2. The number of hydrogen-bond acceptors (Lipinski definition) is 6. The highest BCUT2D eigenvalue weighted by molar-refractivity contribution is 5.91. The molecule has 0 fully saturated rings. The van der Waals surface area contributed by atoms with Crippen molar-refractivity contribution in [2.45, 2.75) is 26.1 Å². The van der Waals surface area contributed by atoms with Crippen LogP contribution in [0.5, 0.6) is 5.75 Å². The summed E-state index contributed by atoms with van der Waals surface area (Å²) in [6.45, 7) is 4.09. The van der Waals surface area contributed by atoms with E-state index in [0.717, 1.165) is 11.3 Å². The first-order valence-electron chi connectivity index (χ1n) is 10.2. The van der Waals surface area contributed by atoms with Crippen LogP contribution < -0.4 is 10.1 Å². The molecule has 2 aromatic carbocycles. The summed E-state index contributed by atoms with van der Waals surface area (Å²) < 4.78 is 16.1. The summed E-state index contributed by atoms with van der Waals surface area (Å²) in [7, 11) is 3.26. The standard InChI is InChI=1S/C24H29N3O4/c1-18(19-9-5-4-6-10-19)27(15-20-11-7-8-12-22(20)30-3)16-23-26-21(17-31-23)24(28)25-13-14-29-2/h4-12,17-18H,13-16H2,1-3H3,(H,25,28). The van der Waals surface area contributed by atoms with Crippen LogP contribution in [0.2, 0.25) is 0 Å². The number of benzene rings is 2. The smallest absolute Gasteiger partial charge is 0.273 e. The summed E-state index contributed by atoms with van der Waals surface area (Å²) in [4.78, 5) is 18.9. The molecular weight excluding hydrogens is 394 g/mol. The van der Waals surface area contributed by atoms with E-state index in [1.54, 1.807) is 14.2 Å². The van der Waals surface area contributed by atoms with Gasteiger partial charge in [-0.2, -0.15) is 0 Å². The molecule has 7 heteroatoms. The summed E-state index contributed by atoms with van der Waals surface area (Å²) in [5.41, 5.74) is 2.51. The molecule has 3 rings (SSSR count). The number of ether oxygens (including phenoxy) is 2. The van der Waals surface area contributed by atoms with E-state index in [1.807, 2.05) is 42.5 Å². The van der Waals surface area contributed by atoms with Crippen molar-refractivity contribution in [2.24, 2.45) is 0 Å². The van der Waals surface area contributed by atoms with Crippen LogP contribution in [0.4, 0.5) is 0 Å². The van der Waals surface area contributed by atoms with E-state index in [-0.39, 0.29) is 17.6 Å². The third-order valence-corrected chi connectivity index (χ3v) is 5.11. The van der Waals surface area contributed by atoms with Crippen LogP contribution in [0, 0.1) is 0 Å². The lowest BCUT2D eigenvalue weighted by atomic mass is 10.1. The van der Waals surface area contributed by atoms with E-state index in [9.17, 15) is 4.79 Å². The normalized spacial score (nSPS) is 12.0. The highest BCUT2D eigenvalue weighted by atomic mass is 16.5. The van der Waals surface area contributed by atoms with Crippen molar-refractivity contribution in [3.8, 4) is 5.75 Å². The molecule has 0 aliphatic rings. The van der Waals surface area contributed by atoms with E-state index in [1.165, 1.54) is 11.8 Å². The van der Waals surface area contributed by atoms with Crippen molar-refractivity contribution in [3.63, 3.8) is 0 Å².